The Labute approximate surface area is 149 Å². The van der Waals surface area contributed by atoms with Crippen LogP contribution in [-0.2, 0) is 0 Å². The van der Waals surface area contributed by atoms with Gasteiger partial charge in [-0.15, -0.1) is 11.3 Å². The minimum atomic E-state index is -0.277. The predicted octanol–water partition coefficient (Wildman–Crippen LogP) is 2.97. The van der Waals surface area contributed by atoms with Gasteiger partial charge in [0, 0.05) is 25.0 Å². The molecular formula is C18H19FN4OS. The summed E-state index contributed by atoms with van der Waals surface area (Å²) in [5, 5.41) is 8.84. The van der Waals surface area contributed by atoms with Crippen LogP contribution in [0.2, 0.25) is 0 Å². The third-order valence-electron chi connectivity index (χ3n) is 4.45. The smallest absolute Gasteiger partial charge is 0.264 e. The highest BCUT2D eigenvalue weighted by atomic mass is 32.1. The molecule has 3 heterocycles. The summed E-state index contributed by atoms with van der Waals surface area (Å²) >= 11 is 1.45. The van der Waals surface area contributed by atoms with E-state index < -0.39 is 0 Å². The number of aromatic nitrogens is 2. The Morgan fingerprint density at radius 2 is 2.04 bits per heavy atom. The molecule has 0 spiro atoms. The van der Waals surface area contributed by atoms with Crippen molar-refractivity contribution in [2.75, 3.05) is 26.2 Å². The Morgan fingerprint density at radius 1 is 1.24 bits per heavy atom. The van der Waals surface area contributed by atoms with Gasteiger partial charge in [-0.25, -0.2) is 9.07 Å². The number of carbonyl (C=O) groups excluding carboxylic acids is 1. The first-order valence-corrected chi connectivity index (χ1v) is 9.20. The summed E-state index contributed by atoms with van der Waals surface area (Å²) in [6.45, 7) is 5.23. The van der Waals surface area contributed by atoms with Gasteiger partial charge >= 0.3 is 0 Å². The Morgan fingerprint density at radius 3 is 2.84 bits per heavy atom. The van der Waals surface area contributed by atoms with Crippen molar-refractivity contribution in [1.82, 2.24) is 20.0 Å². The van der Waals surface area contributed by atoms with E-state index in [0.29, 0.717) is 0 Å². The lowest BCUT2D eigenvalue weighted by molar-refractivity contribution is 0.0771. The number of halogens is 1. The van der Waals surface area contributed by atoms with Crippen LogP contribution < -0.4 is 5.32 Å². The Balaban J connectivity index is 1.71. The minimum absolute atomic E-state index is 0.0787. The van der Waals surface area contributed by atoms with Crippen LogP contribution >= 0.6 is 11.3 Å². The summed E-state index contributed by atoms with van der Waals surface area (Å²) < 4.78 is 15.0. The molecule has 130 valence electrons. The molecule has 7 heteroatoms. The van der Waals surface area contributed by atoms with E-state index in [1.54, 1.807) is 16.8 Å². The highest BCUT2D eigenvalue weighted by Crippen LogP contribution is 2.31. The number of nitrogens with zero attached hydrogens (tertiary/aromatic N) is 3. The number of rotatable bonds is 2. The number of thiophene rings is 1. The maximum absolute atomic E-state index is 13.2. The van der Waals surface area contributed by atoms with E-state index in [2.05, 4.69) is 10.4 Å². The van der Waals surface area contributed by atoms with Crippen LogP contribution in [0.3, 0.4) is 0 Å². The lowest BCUT2D eigenvalue weighted by atomic mass is 10.3. The number of aryl methyl sites for hydroxylation is 1. The van der Waals surface area contributed by atoms with Crippen molar-refractivity contribution in [1.29, 1.82) is 0 Å². The van der Waals surface area contributed by atoms with Crippen LogP contribution in [-0.4, -0.2) is 46.8 Å². The van der Waals surface area contributed by atoms with Crippen LogP contribution in [0, 0.1) is 12.7 Å². The highest BCUT2D eigenvalue weighted by molar-refractivity contribution is 7.20. The minimum Gasteiger partial charge on any atom is -0.337 e. The molecule has 1 amide bonds. The summed E-state index contributed by atoms with van der Waals surface area (Å²) in [5.74, 6) is -0.198. The summed E-state index contributed by atoms with van der Waals surface area (Å²) in [4.78, 5) is 16.4. The third kappa shape index (κ3) is 3.05. The summed E-state index contributed by atoms with van der Waals surface area (Å²) in [7, 11) is 0. The average Bonchev–Trinajstić information content (AvgIpc) is 3.04. The number of carbonyl (C=O) groups is 1. The molecule has 5 nitrogen and oxygen atoms in total. The fourth-order valence-corrected chi connectivity index (χ4v) is 4.27. The van der Waals surface area contributed by atoms with Gasteiger partial charge < -0.3 is 10.2 Å². The number of nitrogens with one attached hydrogen (secondary N) is 1. The SMILES string of the molecule is Cc1nn(-c2ccc(F)cc2)c2sc(C(=O)N3CCCNCC3)cc12. The quantitative estimate of drug-likeness (QED) is 0.766. The maximum Gasteiger partial charge on any atom is 0.264 e. The van der Waals surface area contributed by atoms with Gasteiger partial charge in [-0.1, -0.05) is 0 Å². The first-order valence-electron chi connectivity index (χ1n) is 8.38. The molecule has 4 rings (SSSR count). The monoisotopic (exact) mass is 358 g/mol. The zero-order chi connectivity index (χ0) is 17.4. The Bertz CT molecular complexity index is 907. The maximum atomic E-state index is 13.2. The lowest BCUT2D eigenvalue weighted by Gasteiger charge is -2.18. The van der Waals surface area contributed by atoms with Gasteiger partial charge in [-0.2, -0.15) is 5.10 Å². The number of fused-ring (bicyclic) bond motifs is 1. The van der Waals surface area contributed by atoms with Crippen LogP contribution in [0.4, 0.5) is 4.39 Å². The second-order valence-electron chi connectivity index (χ2n) is 6.20. The standard InChI is InChI=1S/C18H19FN4OS/c1-12-15-11-16(17(24)22-9-2-7-20-8-10-22)25-18(15)23(21-12)14-5-3-13(19)4-6-14/h3-6,11,20H,2,7-10H2,1H3. The Hall–Kier alpha value is -2.25. The van der Waals surface area contributed by atoms with E-state index in [4.69, 9.17) is 0 Å². The molecule has 0 bridgehead atoms. The molecule has 0 saturated carbocycles. The van der Waals surface area contributed by atoms with Crippen LogP contribution in [0.5, 0.6) is 0 Å². The molecule has 1 aromatic carbocycles. The third-order valence-corrected chi connectivity index (χ3v) is 5.55. The molecule has 1 fully saturated rings. The van der Waals surface area contributed by atoms with Gasteiger partial charge in [0.05, 0.1) is 16.3 Å². The van der Waals surface area contributed by atoms with E-state index >= 15 is 0 Å². The van der Waals surface area contributed by atoms with Crippen molar-refractivity contribution in [3.05, 3.63) is 46.7 Å². The number of hydrogen-bond acceptors (Lipinski definition) is 4. The van der Waals surface area contributed by atoms with Crippen molar-refractivity contribution < 1.29 is 9.18 Å². The summed E-state index contributed by atoms with van der Waals surface area (Å²) in [6.07, 6.45) is 0.971. The van der Waals surface area contributed by atoms with Crippen LogP contribution in [0.15, 0.2) is 30.3 Å². The molecule has 1 aliphatic rings. The van der Waals surface area contributed by atoms with Gasteiger partial charge in [0.15, 0.2) is 0 Å². The lowest BCUT2D eigenvalue weighted by Crippen LogP contribution is -2.33. The molecule has 0 aliphatic carbocycles. The summed E-state index contributed by atoms with van der Waals surface area (Å²) in [5.41, 5.74) is 1.66. The zero-order valence-electron chi connectivity index (χ0n) is 14.0. The van der Waals surface area contributed by atoms with Gasteiger partial charge in [-0.3, -0.25) is 4.79 Å². The second-order valence-corrected chi connectivity index (χ2v) is 7.23. The van der Waals surface area contributed by atoms with Crippen molar-refractivity contribution in [2.45, 2.75) is 13.3 Å². The van der Waals surface area contributed by atoms with Crippen LogP contribution in [0.25, 0.3) is 15.9 Å². The Kier molecular flexibility index (Phi) is 4.27. The predicted molar refractivity (Wildman–Crippen MR) is 97.0 cm³/mol. The molecule has 0 atom stereocenters. The second kappa shape index (κ2) is 6.57. The molecule has 25 heavy (non-hydrogen) atoms. The molecule has 3 aromatic rings. The first kappa shape index (κ1) is 16.2. The zero-order valence-corrected chi connectivity index (χ0v) is 14.8. The molecular weight excluding hydrogens is 339 g/mol. The van der Waals surface area contributed by atoms with Gasteiger partial charge in [0.25, 0.3) is 5.91 Å². The highest BCUT2D eigenvalue weighted by Gasteiger charge is 2.22. The summed E-state index contributed by atoms with van der Waals surface area (Å²) in [6, 6.07) is 8.17. The molecule has 0 unspecified atom stereocenters. The van der Waals surface area contributed by atoms with Crippen molar-refractivity contribution in [3.63, 3.8) is 0 Å². The van der Waals surface area contributed by atoms with Crippen molar-refractivity contribution in [2.24, 2.45) is 0 Å². The van der Waals surface area contributed by atoms with Gasteiger partial charge in [0.2, 0.25) is 0 Å². The van der Waals surface area contributed by atoms with E-state index in [-0.39, 0.29) is 11.7 Å². The molecule has 1 aliphatic heterocycles. The van der Waals surface area contributed by atoms with E-state index in [0.717, 1.165) is 59.1 Å². The van der Waals surface area contributed by atoms with E-state index in [1.807, 2.05) is 17.9 Å². The first-order chi connectivity index (χ1) is 12.1. The topological polar surface area (TPSA) is 50.2 Å². The molecule has 0 radical (unpaired) electrons. The fraction of sp³-hybridized carbons (Fsp3) is 0.333. The number of benzene rings is 1. The molecule has 1 N–H and O–H groups in total. The van der Waals surface area contributed by atoms with E-state index in [1.165, 1.54) is 23.5 Å². The van der Waals surface area contributed by atoms with Gasteiger partial charge in [-0.05, 0) is 50.2 Å². The molecule has 2 aromatic heterocycles. The number of hydrogen-bond donors (Lipinski definition) is 1. The van der Waals surface area contributed by atoms with Crippen LogP contribution in [0.1, 0.15) is 21.8 Å². The molecule has 1 saturated heterocycles. The normalized spacial score (nSPS) is 15.5. The van der Waals surface area contributed by atoms with Crippen molar-refractivity contribution in [3.8, 4) is 5.69 Å². The largest absolute Gasteiger partial charge is 0.337 e. The van der Waals surface area contributed by atoms with E-state index in [9.17, 15) is 9.18 Å². The average molecular weight is 358 g/mol. The van der Waals surface area contributed by atoms with Gasteiger partial charge in [0.1, 0.15) is 10.6 Å². The fourth-order valence-electron chi connectivity index (χ4n) is 3.11. The number of amides is 1. The van der Waals surface area contributed by atoms with Crippen molar-refractivity contribution >= 4 is 27.5 Å².